The molecule has 3 nitrogen and oxygen atoms in total. The quantitative estimate of drug-likeness (QED) is 0.768. The number of hydrogen-bond acceptors (Lipinski definition) is 1. The maximum atomic E-state index is 11.2. The van der Waals surface area contributed by atoms with Crippen molar-refractivity contribution in [3.63, 3.8) is 0 Å². The van der Waals surface area contributed by atoms with Gasteiger partial charge in [0.2, 0.25) is 5.91 Å². The molecule has 2 N–H and O–H groups in total. The molecule has 0 spiro atoms. The Balaban J connectivity index is 2.36. The normalized spacial score (nSPS) is 13.6. The van der Waals surface area contributed by atoms with Crippen LogP contribution in [-0.4, -0.2) is 10.5 Å². The van der Waals surface area contributed by atoms with Gasteiger partial charge in [-0.25, -0.2) is 0 Å². The molecule has 0 bridgehead atoms. The summed E-state index contributed by atoms with van der Waals surface area (Å²) in [4.78, 5) is 11.2. The van der Waals surface area contributed by atoms with Gasteiger partial charge in [0.25, 0.3) is 0 Å². The Bertz CT molecular complexity index is 647. The molecule has 3 heteroatoms. The number of nitrogens with zero attached hydrogens (tertiary/aromatic N) is 1. The van der Waals surface area contributed by atoms with Crippen molar-refractivity contribution < 1.29 is 4.79 Å². The summed E-state index contributed by atoms with van der Waals surface area (Å²) in [5.74, 6) is -0.411. The Kier molecular flexibility index (Phi) is 1.74. The summed E-state index contributed by atoms with van der Waals surface area (Å²) in [5.41, 5.74) is 8.00. The second kappa shape index (κ2) is 3.10. The van der Waals surface area contributed by atoms with Crippen LogP contribution in [0.3, 0.4) is 0 Å². The number of benzene rings is 1. The Hall–Kier alpha value is -2.29. The van der Waals surface area contributed by atoms with Gasteiger partial charge in [0.1, 0.15) is 0 Å². The van der Waals surface area contributed by atoms with E-state index < -0.39 is 5.91 Å². The standard InChI is InChI=1S/C13H10N2O/c14-13(16)11-5-4-9-2-1-3-10-6-7-15(8-11)12(9)10/h1-8H,(H2,14,16). The van der Waals surface area contributed by atoms with Crippen LogP contribution in [0.2, 0.25) is 0 Å². The van der Waals surface area contributed by atoms with Gasteiger partial charge in [-0.2, -0.15) is 0 Å². The Labute approximate surface area is 92.5 Å². The molecule has 0 aliphatic carbocycles. The second-order valence-electron chi connectivity index (χ2n) is 3.79. The van der Waals surface area contributed by atoms with Crippen molar-refractivity contribution in [1.29, 1.82) is 0 Å². The molecule has 0 saturated carbocycles. The third kappa shape index (κ3) is 1.18. The molecule has 78 valence electrons. The topological polar surface area (TPSA) is 48.0 Å². The number of rotatable bonds is 1. The molecule has 16 heavy (non-hydrogen) atoms. The zero-order valence-electron chi connectivity index (χ0n) is 8.55. The molecule has 0 saturated heterocycles. The van der Waals surface area contributed by atoms with E-state index in [2.05, 4.69) is 0 Å². The molecular formula is C13H10N2O. The van der Waals surface area contributed by atoms with Crippen molar-refractivity contribution in [1.82, 2.24) is 4.57 Å². The fraction of sp³-hybridized carbons (Fsp3) is 0. The molecule has 2 heterocycles. The van der Waals surface area contributed by atoms with E-state index in [1.54, 1.807) is 12.3 Å². The highest BCUT2D eigenvalue weighted by atomic mass is 16.1. The Morgan fingerprint density at radius 3 is 2.88 bits per heavy atom. The van der Waals surface area contributed by atoms with E-state index in [-0.39, 0.29) is 0 Å². The lowest BCUT2D eigenvalue weighted by Gasteiger charge is -2.00. The van der Waals surface area contributed by atoms with Crippen molar-refractivity contribution in [2.45, 2.75) is 0 Å². The minimum atomic E-state index is -0.411. The van der Waals surface area contributed by atoms with Crippen LogP contribution in [0.5, 0.6) is 0 Å². The van der Waals surface area contributed by atoms with Crippen molar-refractivity contribution in [2.24, 2.45) is 5.73 Å². The Morgan fingerprint density at radius 2 is 2.06 bits per heavy atom. The lowest BCUT2D eigenvalue weighted by molar-refractivity contribution is -0.114. The van der Waals surface area contributed by atoms with Gasteiger partial charge in [-0.05, 0) is 17.7 Å². The van der Waals surface area contributed by atoms with E-state index in [9.17, 15) is 4.79 Å². The van der Waals surface area contributed by atoms with Crippen LogP contribution in [0.15, 0.2) is 42.1 Å². The fourth-order valence-corrected chi connectivity index (χ4v) is 2.01. The van der Waals surface area contributed by atoms with Crippen LogP contribution in [0.25, 0.3) is 23.2 Å². The predicted molar refractivity (Wildman–Crippen MR) is 64.4 cm³/mol. The third-order valence-corrected chi connectivity index (χ3v) is 2.78. The average molecular weight is 210 g/mol. The van der Waals surface area contributed by atoms with Gasteiger partial charge in [0, 0.05) is 17.8 Å². The number of para-hydroxylation sites is 1. The minimum absolute atomic E-state index is 0.411. The van der Waals surface area contributed by atoms with Crippen LogP contribution in [0.1, 0.15) is 5.56 Å². The molecule has 0 unspecified atom stereocenters. The summed E-state index contributed by atoms with van der Waals surface area (Å²) in [6.07, 6.45) is 7.37. The lowest BCUT2D eigenvalue weighted by atomic mass is 10.1. The van der Waals surface area contributed by atoms with E-state index in [1.807, 2.05) is 41.1 Å². The molecular weight excluding hydrogens is 200 g/mol. The second-order valence-corrected chi connectivity index (χ2v) is 3.79. The van der Waals surface area contributed by atoms with Crippen molar-refractivity contribution in [3.8, 4) is 0 Å². The van der Waals surface area contributed by atoms with Gasteiger partial charge >= 0.3 is 0 Å². The molecule has 0 radical (unpaired) electrons. The van der Waals surface area contributed by atoms with Crippen molar-refractivity contribution in [3.05, 3.63) is 47.7 Å². The monoisotopic (exact) mass is 210 g/mol. The third-order valence-electron chi connectivity index (χ3n) is 2.78. The van der Waals surface area contributed by atoms with Gasteiger partial charge in [-0.3, -0.25) is 4.79 Å². The van der Waals surface area contributed by atoms with Gasteiger partial charge < -0.3 is 10.3 Å². The molecule has 1 amide bonds. The largest absolute Gasteiger partial charge is 0.366 e. The van der Waals surface area contributed by atoms with Gasteiger partial charge in [0.05, 0.1) is 11.1 Å². The molecule has 0 atom stereocenters. The van der Waals surface area contributed by atoms with Crippen molar-refractivity contribution in [2.75, 3.05) is 0 Å². The first-order valence-electron chi connectivity index (χ1n) is 5.05. The highest BCUT2D eigenvalue weighted by Crippen LogP contribution is 2.25. The maximum absolute atomic E-state index is 11.2. The number of hydrogen-bond donors (Lipinski definition) is 1. The molecule has 1 aromatic carbocycles. The molecule has 1 aliphatic heterocycles. The van der Waals surface area contributed by atoms with Crippen LogP contribution < -0.4 is 5.73 Å². The zero-order chi connectivity index (χ0) is 11.1. The van der Waals surface area contributed by atoms with Crippen LogP contribution >= 0.6 is 0 Å². The van der Waals surface area contributed by atoms with E-state index in [4.69, 9.17) is 5.73 Å². The fourth-order valence-electron chi connectivity index (χ4n) is 2.01. The summed E-state index contributed by atoms with van der Waals surface area (Å²) in [7, 11) is 0. The molecule has 1 aliphatic rings. The van der Waals surface area contributed by atoms with Crippen molar-refractivity contribution >= 4 is 29.1 Å². The van der Waals surface area contributed by atoms with Crippen LogP contribution in [-0.2, 0) is 4.79 Å². The summed E-state index contributed by atoms with van der Waals surface area (Å²) in [6.45, 7) is 0. The highest BCUT2D eigenvalue weighted by Gasteiger charge is 2.09. The van der Waals surface area contributed by atoms with Gasteiger partial charge in [-0.15, -0.1) is 0 Å². The van der Waals surface area contributed by atoms with Crippen LogP contribution in [0.4, 0.5) is 0 Å². The SMILES string of the molecule is NC(=O)C1=Cn2ccc3cccc(c32)C=C1. The first kappa shape index (κ1) is 8.97. The number of amides is 1. The number of aromatic nitrogens is 1. The van der Waals surface area contributed by atoms with Gasteiger partial charge in [-0.1, -0.05) is 24.3 Å². The molecule has 3 rings (SSSR count). The molecule has 0 fully saturated rings. The minimum Gasteiger partial charge on any atom is -0.366 e. The first-order chi connectivity index (χ1) is 7.75. The Morgan fingerprint density at radius 1 is 1.19 bits per heavy atom. The predicted octanol–water partition coefficient (Wildman–Crippen LogP) is 1.99. The summed E-state index contributed by atoms with van der Waals surface area (Å²) < 4.78 is 1.94. The summed E-state index contributed by atoms with van der Waals surface area (Å²) >= 11 is 0. The first-order valence-corrected chi connectivity index (χ1v) is 5.05. The molecule has 2 aromatic rings. The smallest absolute Gasteiger partial charge is 0.250 e. The van der Waals surface area contributed by atoms with E-state index in [0.29, 0.717) is 5.57 Å². The summed E-state index contributed by atoms with van der Waals surface area (Å²) in [5, 5.41) is 1.16. The highest BCUT2D eigenvalue weighted by molar-refractivity contribution is 6.02. The number of nitrogens with two attached hydrogens (primary N) is 1. The number of carbonyl (C=O) groups is 1. The zero-order valence-corrected chi connectivity index (χ0v) is 8.55. The maximum Gasteiger partial charge on any atom is 0.250 e. The number of carbonyl (C=O) groups excluding carboxylic acids is 1. The van der Waals surface area contributed by atoms with E-state index in [0.717, 1.165) is 16.5 Å². The van der Waals surface area contributed by atoms with E-state index >= 15 is 0 Å². The summed E-state index contributed by atoms with van der Waals surface area (Å²) in [6, 6.07) is 8.09. The van der Waals surface area contributed by atoms with Crippen LogP contribution in [0, 0.1) is 0 Å². The van der Waals surface area contributed by atoms with E-state index in [1.165, 1.54) is 0 Å². The molecule has 1 aromatic heterocycles. The van der Waals surface area contributed by atoms with Gasteiger partial charge in [0.15, 0.2) is 0 Å². The number of primary amides is 1. The lowest BCUT2D eigenvalue weighted by Crippen LogP contribution is -2.12. The average Bonchev–Trinajstić information content (AvgIpc) is 2.56.